The molecule has 1 N–H and O–H groups in total. The van der Waals surface area contributed by atoms with Gasteiger partial charge in [0.05, 0.1) is 10.6 Å². The van der Waals surface area contributed by atoms with Crippen LogP contribution in [0, 0.1) is 0 Å². The molecule has 1 aromatic carbocycles. The summed E-state index contributed by atoms with van der Waals surface area (Å²) in [7, 11) is -2.37. The number of alkyl halides is 3. The van der Waals surface area contributed by atoms with Crippen LogP contribution in [0.1, 0.15) is 18.4 Å². The van der Waals surface area contributed by atoms with Crippen LogP contribution in [-0.4, -0.2) is 38.9 Å². The van der Waals surface area contributed by atoms with Gasteiger partial charge in [-0.1, -0.05) is 11.6 Å². The van der Waals surface area contributed by atoms with Crippen molar-refractivity contribution >= 4 is 34.0 Å². The molecular formula is C13H17Cl2F3N2O2S. The standard InChI is InChI=1S/C13H16ClF3N2O2S.ClH/c1-18-8-10-3-2-6-19(10)22(20,21)12-7-9(13(15,16)17)4-5-11(12)14;/h4-5,7,10,18H,2-3,6,8H2,1H3;1H. The van der Waals surface area contributed by atoms with Crippen LogP contribution in [0.5, 0.6) is 0 Å². The summed E-state index contributed by atoms with van der Waals surface area (Å²) >= 11 is 5.85. The number of hydrogen-bond acceptors (Lipinski definition) is 3. The van der Waals surface area contributed by atoms with Crippen LogP contribution in [0.2, 0.25) is 5.02 Å². The minimum absolute atomic E-state index is 0. The van der Waals surface area contributed by atoms with E-state index in [0.29, 0.717) is 25.5 Å². The van der Waals surface area contributed by atoms with Gasteiger partial charge >= 0.3 is 6.18 Å². The molecule has 0 aliphatic carbocycles. The second-order valence-corrected chi connectivity index (χ2v) is 7.38. The lowest BCUT2D eigenvalue weighted by Crippen LogP contribution is -2.40. The molecule has 4 nitrogen and oxygen atoms in total. The Kier molecular flexibility index (Phi) is 6.74. The zero-order chi connectivity index (χ0) is 16.5. The van der Waals surface area contributed by atoms with Gasteiger partial charge < -0.3 is 5.32 Å². The summed E-state index contributed by atoms with van der Waals surface area (Å²) in [5.41, 5.74) is -1.03. The van der Waals surface area contributed by atoms with E-state index in [9.17, 15) is 21.6 Å². The molecule has 1 aliphatic rings. The Balaban J connectivity index is 0.00000264. The summed E-state index contributed by atoms with van der Waals surface area (Å²) in [4.78, 5) is -0.494. The van der Waals surface area contributed by atoms with Crippen LogP contribution in [0.3, 0.4) is 0 Å². The molecule has 2 rings (SSSR count). The lowest BCUT2D eigenvalue weighted by molar-refractivity contribution is -0.137. The molecular weight excluding hydrogens is 376 g/mol. The van der Waals surface area contributed by atoms with E-state index in [-0.39, 0.29) is 30.0 Å². The quantitative estimate of drug-likeness (QED) is 0.855. The molecule has 1 atom stereocenters. The molecule has 10 heteroatoms. The number of halogens is 5. The molecule has 1 fully saturated rings. The molecule has 1 saturated heterocycles. The molecule has 1 aliphatic heterocycles. The maximum Gasteiger partial charge on any atom is 0.416 e. The van der Waals surface area contributed by atoms with Crippen LogP contribution in [-0.2, 0) is 16.2 Å². The lowest BCUT2D eigenvalue weighted by atomic mass is 10.2. The first-order valence-electron chi connectivity index (χ1n) is 6.71. The number of sulfonamides is 1. The fraction of sp³-hybridized carbons (Fsp3) is 0.538. The molecule has 1 unspecified atom stereocenters. The van der Waals surface area contributed by atoms with Crippen LogP contribution in [0.4, 0.5) is 13.2 Å². The normalized spacial score (nSPS) is 19.6. The van der Waals surface area contributed by atoms with Gasteiger partial charge in [-0.25, -0.2) is 8.42 Å². The topological polar surface area (TPSA) is 49.4 Å². The van der Waals surface area contributed by atoms with E-state index in [1.807, 2.05) is 0 Å². The van der Waals surface area contributed by atoms with Crippen LogP contribution < -0.4 is 5.32 Å². The predicted molar refractivity (Wildman–Crippen MR) is 84.5 cm³/mol. The molecule has 0 spiro atoms. The molecule has 0 saturated carbocycles. The van der Waals surface area contributed by atoms with Gasteiger partial charge in [-0.3, -0.25) is 0 Å². The predicted octanol–water partition coefficient (Wildman–Crippen LogP) is 3.15. The Morgan fingerprint density at radius 3 is 2.61 bits per heavy atom. The third-order valence-corrected chi connectivity index (χ3v) is 6.04. The van der Waals surface area contributed by atoms with E-state index in [1.54, 1.807) is 7.05 Å². The number of nitrogens with zero attached hydrogens (tertiary/aromatic N) is 1. The lowest BCUT2D eigenvalue weighted by Gasteiger charge is -2.24. The molecule has 1 aromatic rings. The summed E-state index contributed by atoms with van der Waals surface area (Å²) in [6, 6.07) is 2.07. The van der Waals surface area contributed by atoms with Gasteiger partial charge in [-0.05, 0) is 38.1 Å². The molecule has 0 bridgehead atoms. The van der Waals surface area contributed by atoms with Gasteiger partial charge in [0.2, 0.25) is 10.0 Å². The maximum atomic E-state index is 12.8. The first kappa shape index (κ1) is 20.5. The minimum Gasteiger partial charge on any atom is -0.318 e. The Morgan fingerprint density at radius 1 is 1.39 bits per heavy atom. The van der Waals surface area contributed by atoms with Crippen molar-refractivity contribution in [2.45, 2.75) is 30.0 Å². The van der Waals surface area contributed by atoms with E-state index in [1.165, 1.54) is 4.31 Å². The summed E-state index contributed by atoms with van der Waals surface area (Å²) < 4.78 is 65.0. The zero-order valence-corrected chi connectivity index (χ0v) is 14.6. The molecule has 132 valence electrons. The summed E-state index contributed by atoms with van der Waals surface area (Å²) in [6.07, 6.45) is -3.29. The fourth-order valence-electron chi connectivity index (χ4n) is 2.57. The molecule has 0 radical (unpaired) electrons. The number of benzene rings is 1. The first-order chi connectivity index (χ1) is 10.2. The third-order valence-electron chi connectivity index (χ3n) is 3.61. The Morgan fingerprint density at radius 2 is 2.04 bits per heavy atom. The number of likely N-dealkylation sites (N-methyl/N-ethyl adjacent to an activating group) is 1. The Labute approximate surface area is 144 Å². The van der Waals surface area contributed by atoms with Crippen molar-refractivity contribution in [2.24, 2.45) is 0 Å². The second kappa shape index (κ2) is 7.57. The number of rotatable bonds is 4. The summed E-state index contributed by atoms with van der Waals surface area (Å²) in [5.74, 6) is 0. The van der Waals surface area contributed by atoms with E-state index in [4.69, 9.17) is 11.6 Å². The SMILES string of the molecule is CNCC1CCCN1S(=O)(=O)c1cc(C(F)(F)F)ccc1Cl.Cl. The van der Waals surface area contributed by atoms with Gasteiger partial charge in [0.25, 0.3) is 0 Å². The maximum absolute atomic E-state index is 12.8. The monoisotopic (exact) mass is 392 g/mol. The smallest absolute Gasteiger partial charge is 0.318 e. The van der Waals surface area contributed by atoms with Crippen LogP contribution >= 0.6 is 24.0 Å². The van der Waals surface area contributed by atoms with Crippen molar-refractivity contribution in [2.75, 3.05) is 20.1 Å². The van der Waals surface area contributed by atoms with E-state index in [2.05, 4.69) is 5.32 Å². The largest absolute Gasteiger partial charge is 0.416 e. The van der Waals surface area contributed by atoms with Crippen LogP contribution in [0.25, 0.3) is 0 Å². The average Bonchev–Trinajstić information content (AvgIpc) is 2.87. The highest BCUT2D eigenvalue weighted by Crippen LogP contribution is 2.35. The average molecular weight is 393 g/mol. The fourth-order valence-corrected chi connectivity index (χ4v) is 4.76. The van der Waals surface area contributed by atoms with Crippen molar-refractivity contribution in [1.82, 2.24) is 9.62 Å². The number of nitrogens with one attached hydrogen (secondary N) is 1. The molecule has 0 amide bonds. The molecule has 1 heterocycles. The van der Waals surface area contributed by atoms with E-state index < -0.39 is 26.7 Å². The highest BCUT2D eigenvalue weighted by Gasteiger charge is 2.38. The van der Waals surface area contributed by atoms with Gasteiger partial charge in [-0.15, -0.1) is 12.4 Å². The third kappa shape index (κ3) is 4.30. The van der Waals surface area contributed by atoms with Crippen molar-refractivity contribution in [3.05, 3.63) is 28.8 Å². The van der Waals surface area contributed by atoms with Crippen molar-refractivity contribution in [1.29, 1.82) is 0 Å². The zero-order valence-electron chi connectivity index (χ0n) is 12.2. The van der Waals surface area contributed by atoms with Gasteiger partial charge in [0.15, 0.2) is 0 Å². The summed E-state index contributed by atoms with van der Waals surface area (Å²) in [6.45, 7) is 0.719. The second-order valence-electron chi connectivity index (χ2n) is 5.11. The van der Waals surface area contributed by atoms with Crippen molar-refractivity contribution in [3.63, 3.8) is 0 Å². The summed E-state index contributed by atoms with van der Waals surface area (Å²) in [5, 5.41) is 2.69. The van der Waals surface area contributed by atoms with E-state index >= 15 is 0 Å². The number of hydrogen-bond donors (Lipinski definition) is 1. The Hall–Kier alpha value is -0.540. The van der Waals surface area contributed by atoms with Gasteiger partial charge in [0.1, 0.15) is 4.90 Å². The first-order valence-corrected chi connectivity index (χ1v) is 8.53. The molecule has 0 aromatic heterocycles. The van der Waals surface area contributed by atoms with Gasteiger partial charge in [-0.2, -0.15) is 17.5 Å². The minimum atomic E-state index is -4.62. The highest BCUT2D eigenvalue weighted by molar-refractivity contribution is 7.89. The highest BCUT2D eigenvalue weighted by atomic mass is 35.5. The molecule has 23 heavy (non-hydrogen) atoms. The van der Waals surface area contributed by atoms with Gasteiger partial charge in [0, 0.05) is 19.1 Å². The van der Waals surface area contributed by atoms with E-state index in [0.717, 1.165) is 12.1 Å². The van der Waals surface area contributed by atoms with Crippen molar-refractivity contribution in [3.8, 4) is 0 Å². The Bertz CT molecular complexity index is 653. The van der Waals surface area contributed by atoms with Crippen LogP contribution in [0.15, 0.2) is 23.1 Å². The van der Waals surface area contributed by atoms with Crippen molar-refractivity contribution < 1.29 is 21.6 Å².